The highest BCUT2D eigenvalue weighted by Gasteiger charge is 2.01. The zero-order chi connectivity index (χ0) is 9.84. The Morgan fingerprint density at radius 1 is 1.31 bits per heavy atom. The Balaban J connectivity index is 3.05. The summed E-state index contributed by atoms with van der Waals surface area (Å²) < 4.78 is 0. The van der Waals surface area contributed by atoms with Crippen molar-refractivity contribution in [1.82, 2.24) is 0 Å². The summed E-state index contributed by atoms with van der Waals surface area (Å²) >= 11 is 0. The maximum atomic E-state index is 4.18. The molecular weight excluding hydrogens is 158 g/mol. The second-order valence-corrected chi connectivity index (χ2v) is 3.59. The van der Waals surface area contributed by atoms with Crippen molar-refractivity contribution in [2.45, 2.75) is 26.7 Å². The van der Waals surface area contributed by atoms with Crippen molar-refractivity contribution in [2.75, 3.05) is 7.05 Å². The Hall–Kier alpha value is -1.11. The van der Waals surface area contributed by atoms with Crippen molar-refractivity contribution in [2.24, 2.45) is 4.99 Å². The maximum absolute atomic E-state index is 4.18. The van der Waals surface area contributed by atoms with E-state index in [0.29, 0.717) is 5.92 Å². The van der Waals surface area contributed by atoms with E-state index in [-0.39, 0.29) is 0 Å². The molecule has 0 aromatic heterocycles. The van der Waals surface area contributed by atoms with Crippen molar-refractivity contribution in [1.29, 1.82) is 0 Å². The molecule has 0 amide bonds. The van der Waals surface area contributed by atoms with Crippen LogP contribution in [0.15, 0.2) is 29.3 Å². The van der Waals surface area contributed by atoms with Gasteiger partial charge in [-0.1, -0.05) is 32.0 Å². The highest BCUT2D eigenvalue weighted by molar-refractivity contribution is 5.98. The summed E-state index contributed by atoms with van der Waals surface area (Å²) in [6, 6.07) is 8.58. The Kier molecular flexibility index (Phi) is 3.24. The van der Waals surface area contributed by atoms with Crippen LogP contribution in [-0.2, 0) is 0 Å². The lowest BCUT2D eigenvalue weighted by Crippen LogP contribution is -1.96. The van der Waals surface area contributed by atoms with E-state index in [9.17, 15) is 0 Å². The molecule has 1 rings (SSSR count). The van der Waals surface area contributed by atoms with E-state index in [0.717, 1.165) is 5.71 Å². The molecule has 70 valence electrons. The van der Waals surface area contributed by atoms with Crippen LogP contribution >= 0.6 is 0 Å². The van der Waals surface area contributed by atoms with Gasteiger partial charge in [-0.15, -0.1) is 0 Å². The molecule has 1 aromatic carbocycles. The second-order valence-electron chi connectivity index (χ2n) is 3.59. The second kappa shape index (κ2) is 4.22. The van der Waals surface area contributed by atoms with Crippen LogP contribution in [0.1, 0.15) is 37.8 Å². The molecule has 0 radical (unpaired) electrons. The van der Waals surface area contributed by atoms with Gasteiger partial charge in [-0.25, -0.2) is 0 Å². The van der Waals surface area contributed by atoms with Gasteiger partial charge in [-0.2, -0.15) is 0 Å². The number of hydrogen-bond acceptors (Lipinski definition) is 1. The van der Waals surface area contributed by atoms with Gasteiger partial charge in [0.25, 0.3) is 0 Å². The van der Waals surface area contributed by atoms with Gasteiger partial charge < -0.3 is 0 Å². The van der Waals surface area contributed by atoms with Crippen LogP contribution in [0.4, 0.5) is 0 Å². The average molecular weight is 175 g/mol. The van der Waals surface area contributed by atoms with E-state index >= 15 is 0 Å². The summed E-state index contributed by atoms with van der Waals surface area (Å²) in [5.74, 6) is 0.588. The molecule has 1 heteroatoms. The number of hydrogen-bond donors (Lipinski definition) is 0. The van der Waals surface area contributed by atoms with Crippen LogP contribution in [0.5, 0.6) is 0 Å². The molecule has 0 atom stereocenters. The molecule has 0 N–H and O–H groups in total. The Morgan fingerprint density at radius 2 is 2.00 bits per heavy atom. The van der Waals surface area contributed by atoms with Crippen LogP contribution in [0.3, 0.4) is 0 Å². The molecule has 0 unspecified atom stereocenters. The van der Waals surface area contributed by atoms with Gasteiger partial charge in [0.2, 0.25) is 0 Å². The monoisotopic (exact) mass is 175 g/mol. The lowest BCUT2D eigenvalue weighted by molar-refractivity contribution is 0.866. The van der Waals surface area contributed by atoms with E-state index in [1.54, 1.807) is 0 Å². The van der Waals surface area contributed by atoms with Crippen molar-refractivity contribution >= 4 is 5.71 Å². The summed E-state index contributed by atoms with van der Waals surface area (Å²) in [6.07, 6.45) is 0. The first-order chi connectivity index (χ1) is 6.15. The van der Waals surface area contributed by atoms with Gasteiger partial charge in [0, 0.05) is 12.8 Å². The smallest absolute Gasteiger partial charge is 0.0386 e. The average Bonchev–Trinajstić information content (AvgIpc) is 2.17. The lowest BCUT2D eigenvalue weighted by atomic mass is 9.99. The lowest BCUT2D eigenvalue weighted by Gasteiger charge is -2.07. The molecule has 0 saturated heterocycles. The third-order valence-electron chi connectivity index (χ3n) is 2.31. The molecule has 0 aliphatic rings. The minimum atomic E-state index is 0.588. The molecule has 0 spiro atoms. The molecule has 1 nitrogen and oxygen atoms in total. The number of aliphatic imine (C=N–C) groups is 1. The van der Waals surface area contributed by atoms with E-state index in [2.05, 4.69) is 43.1 Å². The number of benzene rings is 1. The van der Waals surface area contributed by atoms with Gasteiger partial charge in [0.15, 0.2) is 0 Å². The molecule has 0 saturated carbocycles. The van der Waals surface area contributed by atoms with E-state index in [1.165, 1.54) is 11.1 Å². The summed E-state index contributed by atoms with van der Waals surface area (Å²) in [6.45, 7) is 6.45. The first kappa shape index (κ1) is 9.97. The fourth-order valence-corrected chi connectivity index (χ4v) is 1.25. The first-order valence-corrected chi connectivity index (χ1v) is 4.69. The van der Waals surface area contributed by atoms with Gasteiger partial charge in [-0.05, 0) is 30.0 Å². The van der Waals surface area contributed by atoms with E-state index in [1.807, 2.05) is 14.0 Å². The minimum absolute atomic E-state index is 0.588. The Morgan fingerprint density at radius 3 is 2.54 bits per heavy atom. The highest BCUT2D eigenvalue weighted by Crippen LogP contribution is 2.15. The Bertz CT molecular complexity index is 311. The van der Waals surface area contributed by atoms with Crippen molar-refractivity contribution in [3.8, 4) is 0 Å². The third kappa shape index (κ3) is 2.41. The van der Waals surface area contributed by atoms with Gasteiger partial charge in [0.1, 0.15) is 0 Å². The van der Waals surface area contributed by atoms with Crippen molar-refractivity contribution in [3.05, 3.63) is 35.4 Å². The number of nitrogens with zero attached hydrogens (tertiary/aromatic N) is 1. The Labute approximate surface area is 80.5 Å². The largest absolute Gasteiger partial charge is 0.293 e. The number of rotatable bonds is 2. The molecule has 0 aliphatic heterocycles. The summed E-state index contributed by atoms with van der Waals surface area (Å²) in [5, 5.41) is 0. The van der Waals surface area contributed by atoms with Crippen LogP contribution in [0.25, 0.3) is 0 Å². The summed E-state index contributed by atoms with van der Waals surface area (Å²) in [7, 11) is 1.83. The zero-order valence-corrected chi connectivity index (χ0v) is 8.83. The molecule has 0 aliphatic carbocycles. The maximum Gasteiger partial charge on any atom is 0.0386 e. The third-order valence-corrected chi connectivity index (χ3v) is 2.31. The minimum Gasteiger partial charge on any atom is -0.293 e. The predicted molar refractivity (Wildman–Crippen MR) is 58.7 cm³/mol. The molecule has 1 aromatic rings. The normalized spacial score (nSPS) is 12.2. The molecule has 13 heavy (non-hydrogen) atoms. The molecule has 0 bridgehead atoms. The van der Waals surface area contributed by atoms with E-state index < -0.39 is 0 Å². The van der Waals surface area contributed by atoms with Crippen LogP contribution in [-0.4, -0.2) is 12.8 Å². The fourth-order valence-electron chi connectivity index (χ4n) is 1.25. The topological polar surface area (TPSA) is 12.4 Å². The first-order valence-electron chi connectivity index (χ1n) is 4.69. The zero-order valence-electron chi connectivity index (χ0n) is 8.83. The van der Waals surface area contributed by atoms with Crippen molar-refractivity contribution in [3.63, 3.8) is 0 Å². The molecule has 0 heterocycles. The van der Waals surface area contributed by atoms with Gasteiger partial charge >= 0.3 is 0 Å². The molecule has 0 fully saturated rings. The van der Waals surface area contributed by atoms with Crippen LogP contribution in [0.2, 0.25) is 0 Å². The van der Waals surface area contributed by atoms with Gasteiger partial charge in [0.05, 0.1) is 0 Å². The molecular formula is C12H17N. The SMILES string of the molecule is C/N=C(\C)c1cccc(C(C)C)c1. The standard InChI is InChI=1S/C12H17N/c1-9(2)11-6-5-7-12(8-11)10(3)13-4/h5-9H,1-4H3/b13-10+. The summed E-state index contributed by atoms with van der Waals surface area (Å²) in [4.78, 5) is 4.18. The quantitative estimate of drug-likeness (QED) is 0.612. The highest BCUT2D eigenvalue weighted by atomic mass is 14.7. The fraction of sp³-hybridized carbons (Fsp3) is 0.417. The predicted octanol–water partition coefficient (Wildman–Crippen LogP) is 3.25. The van der Waals surface area contributed by atoms with Crippen LogP contribution < -0.4 is 0 Å². The summed E-state index contributed by atoms with van der Waals surface area (Å²) in [5.41, 5.74) is 3.71. The van der Waals surface area contributed by atoms with Crippen LogP contribution in [0, 0.1) is 0 Å². The van der Waals surface area contributed by atoms with Crippen molar-refractivity contribution < 1.29 is 0 Å². The van der Waals surface area contributed by atoms with Gasteiger partial charge in [-0.3, -0.25) is 4.99 Å². The van der Waals surface area contributed by atoms with E-state index in [4.69, 9.17) is 0 Å².